The van der Waals surface area contributed by atoms with E-state index in [1.807, 2.05) is 10.8 Å². The van der Waals surface area contributed by atoms with Crippen LogP contribution in [0.25, 0.3) is 0 Å². The van der Waals surface area contributed by atoms with Gasteiger partial charge in [0.15, 0.2) is 0 Å². The molecule has 18 heavy (non-hydrogen) atoms. The smallest absolute Gasteiger partial charge is 0.324 e. The summed E-state index contributed by atoms with van der Waals surface area (Å²) in [5.41, 5.74) is 6.89. The molecule has 0 aromatic carbocycles. The Balaban J connectivity index is 2.22. The molecule has 1 saturated carbocycles. The summed E-state index contributed by atoms with van der Waals surface area (Å²) in [5, 5.41) is 3.71. The average Bonchev–Trinajstić information content (AvgIpc) is 2.73. The van der Waals surface area contributed by atoms with E-state index in [1.54, 1.807) is 0 Å². The number of halogens is 4. The van der Waals surface area contributed by atoms with E-state index in [0.717, 1.165) is 16.5 Å². The van der Waals surface area contributed by atoms with Gasteiger partial charge in [-0.1, -0.05) is 12.8 Å². The Kier molecular flexibility index (Phi) is 4.39. The van der Waals surface area contributed by atoms with E-state index in [2.05, 4.69) is 15.9 Å². The number of thiophene rings is 1. The van der Waals surface area contributed by atoms with E-state index in [4.69, 9.17) is 5.73 Å². The molecular weight excluding hydrogens is 327 g/mol. The molecule has 0 radical (unpaired) electrons. The van der Waals surface area contributed by atoms with Gasteiger partial charge in [-0.05, 0) is 45.6 Å². The Morgan fingerprint density at radius 3 is 2.50 bits per heavy atom. The van der Waals surface area contributed by atoms with E-state index in [1.165, 1.54) is 11.3 Å². The quantitative estimate of drug-likeness (QED) is 0.815. The largest absolute Gasteiger partial charge is 0.392 e. The summed E-state index contributed by atoms with van der Waals surface area (Å²) in [6, 6.07) is -0.530. The van der Waals surface area contributed by atoms with Crippen molar-refractivity contribution in [1.29, 1.82) is 0 Å². The number of alkyl halides is 3. The van der Waals surface area contributed by atoms with Gasteiger partial charge in [-0.3, -0.25) is 0 Å². The fourth-order valence-corrected chi connectivity index (χ4v) is 4.36. The third-order valence-electron chi connectivity index (χ3n) is 3.70. The fraction of sp³-hybridized carbons (Fsp3) is 0.667. The maximum absolute atomic E-state index is 13.0. The van der Waals surface area contributed by atoms with Crippen LogP contribution in [0.15, 0.2) is 15.2 Å². The fourth-order valence-electron chi connectivity index (χ4n) is 2.76. The minimum absolute atomic E-state index is 0.212. The van der Waals surface area contributed by atoms with Crippen molar-refractivity contribution >= 4 is 27.3 Å². The second-order valence-corrected chi connectivity index (χ2v) is 6.40. The predicted octanol–water partition coefficient (Wildman–Crippen LogP) is 4.88. The Bertz CT molecular complexity index is 404. The Morgan fingerprint density at radius 2 is 1.94 bits per heavy atom. The van der Waals surface area contributed by atoms with Crippen LogP contribution in [-0.4, -0.2) is 6.18 Å². The molecule has 0 saturated heterocycles. The molecule has 1 nitrogen and oxygen atoms in total. The Morgan fingerprint density at radius 1 is 1.28 bits per heavy atom. The van der Waals surface area contributed by atoms with Crippen molar-refractivity contribution in [2.24, 2.45) is 17.6 Å². The first-order chi connectivity index (χ1) is 8.41. The summed E-state index contributed by atoms with van der Waals surface area (Å²) in [4.78, 5) is 0. The van der Waals surface area contributed by atoms with Gasteiger partial charge in [-0.15, -0.1) is 0 Å². The lowest BCUT2D eigenvalue weighted by Crippen LogP contribution is -2.38. The zero-order valence-electron chi connectivity index (χ0n) is 9.71. The molecule has 1 heterocycles. The first-order valence-corrected chi connectivity index (χ1v) is 7.68. The molecule has 0 bridgehead atoms. The van der Waals surface area contributed by atoms with Crippen LogP contribution >= 0.6 is 27.3 Å². The lowest BCUT2D eigenvalue weighted by molar-refractivity contribution is -0.198. The van der Waals surface area contributed by atoms with Gasteiger partial charge in [0, 0.05) is 15.9 Å². The zero-order chi connectivity index (χ0) is 13.3. The molecule has 1 aromatic rings. The van der Waals surface area contributed by atoms with Crippen molar-refractivity contribution in [2.75, 3.05) is 0 Å². The molecule has 1 aliphatic rings. The molecule has 1 fully saturated rings. The molecule has 102 valence electrons. The average molecular weight is 342 g/mol. The van der Waals surface area contributed by atoms with E-state index in [-0.39, 0.29) is 6.42 Å². The van der Waals surface area contributed by atoms with Crippen molar-refractivity contribution in [3.63, 3.8) is 0 Å². The normalized spacial score (nSPS) is 27.2. The SMILES string of the molecule is NC(c1cscc1Br)C1CCCCC1C(F)(F)F. The molecule has 0 aliphatic heterocycles. The minimum atomic E-state index is -4.13. The van der Waals surface area contributed by atoms with Gasteiger partial charge < -0.3 is 5.73 Å². The molecule has 6 heteroatoms. The third kappa shape index (κ3) is 2.91. The van der Waals surface area contributed by atoms with Gasteiger partial charge in [0.2, 0.25) is 0 Å². The van der Waals surface area contributed by atoms with Crippen LogP contribution in [0.3, 0.4) is 0 Å². The minimum Gasteiger partial charge on any atom is -0.324 e. The van der Waals surface area contributed by atoms with Crippen molar-refractivity contribution in [2.45, 2.75) is 37.9 Å². The number of hydrogen-bond donors (Lipinski definition) is 1. The van der Waals surface area contributed by atoms with Crippen LogP contribution in [-0.2, 0) is 0 Å². The summed E-state index contributed by atoms with van der Waals surface area (Å²) in [7, 11) is 0. The van der Waals surface area contributed by atoms with Gasteiger partial charge in [0.05, 0.1) is 5.92 Å². The second-order valence-electron chi connectivity index (χ2n) is 4.80. The zero-order valence-corrected chi connectivity index (χ0v) is 12.1. The van der Waals surface area contributed by atoms with Crippen LogP contribution in [0, 0.1) is 11.8 Å². The summed E-state index contributed by atoms with van der Waals surface area (Å²) in [6.45, 7) is 0. The topological polar surface area (TPSA) is 26.0 Å². The molecular formula is C12H15BrF3NS. The van der Waals surface area contributed by atoms with E-state index in [9.17, 15) is 13.2 Å². The lowest BCUT2D eigenvalue weighted by atomic mass is 9.73. The molecule has 0 amide bonds. The highest BCUT2D eigenvalue weighted by atomic mass is 79.9. The van der Waals surface area contributed by atoms with E-state index in [0.29, 0.717) is 12.8 Å². The monoisotopic (exact) mass is 341 g/mol. The van der Waals surface area contributed by atoms with Crippen molar-refractivity contribution < 1.29 is 13.2 Å². The van der Waals surface area contributed by atoms with Crippen molar-refractivity contribution in [3.05, 3.63) is 20.8 Å². The standard InChI is InChI=1S/C12H15BrF3NS/c13-10-6-18-5-8(10)11(17)7-3-1-2-4-9(7)12(14,15)16/h5-7,9,11H,1-4,17H2. The molecule has 1 aromatic heterocycles. The Hall–Kier alpha value is -0.0700. The van der Waals surface area contributed by atoms with E-state index >= 15 is 0 Å². The van der Waals surface area contributed by atoms with Crippen LogP contribution in [0.2, 0.25) is 0 Å². The van der Waals surface area contributed by atoms with E-state index < -0.39 is 24.1 Å². The highest BCUT2D eigenvalue weighted by Crippen LogP contribution is 2.46. The number of hydrogen-bond acceptors (Lipinski definition) is 2. The maximum Gasteiger partial charge on any atom is 0.392 e. The molecule has 3 atom stereocenters. The summed E-state index contributed by atoms with van der Waals surface area (Å²) >= 11 is 4.81. The van der Waals surface area contributed by atoms with Gasteiger partial charge in [0.1, 0.15) is 0 Å². The summed E-state index contributed by atoms with van der Waals surface area (Å²) in [5.74, 6) is -1.75. The van der Waals surface area contributed by atoms with Gasteiger partial charge >= 0.3 is 6.18 Å². The molecule has 3 unspecified atom stereocenters. The highest BCUT2D eigenvalue weighted by Gasteiger charge is 2.47. The van der Waals surface area contributed by atoms with Crippen molar-refractivity contribution in [3.8, 4) is 0 Å². The summed E-state index contributed by atoms with van der Waals surface area (Å²) < 4.78 is 39.9. The highest BCUT2D eigenvalue weighted by molar-refractivity contribution is 9.10. The Labute approximate surface area is 117 Å². The molecule has 2 rings (SSSR count). The first kappa shape index (κ1) is 14.3. The predicted molar refractivity (Wildman–Crippen MR) is 70.5 cm³/mol. The van der Waals surface area contributed by atoms with Crippen LogP contribution in [0.5, 0.6) is 0 Å². The number of rotatable bonds is 2. The second kappa shape index (κ2) is 5.51. The molecule has 0 spiro atoms. The molecule has 1 aliphatic carbocycles. The van der Waals surface area contributed by atoms with Crippen LogP contribution < -0.4 is 5.73 Å². The van der Waals surface area contributed by atoms with Crippen molar-refractivity contribution in [1.82, 2.24) is 0 Å². The summed E-state index contributed by atoms with van der Waals surface area (Å²) in [6.07, 6.45) is -1.87. The van der Waals surface area contributed by atoms with Crippen LogP contribution in [0.4, 0.5) is 13.2 Å². The first-order valence-electron chi connectivity index (χ1n) is 5.95. The lowest BCUT2D eigenvalue weighted by Gasteiger charge is -2.36. The maximum atomic E-state index is 13.0. The molecule has 2 N–H and O–H groups in total. The van der Waals surface area contributed by atoms with Gasteiger partial charge in [-0.2, -0.15) is 24.5 Å². The van der Waals surface area contributed by atoms with Gasteiger partial charge in [0.25, 0.3) is 0 Å². The van der Waals surface area contributed by atoms with Crippen LogP contribution in [0.1, 0.15) is 37.3 Å². The third-order valence-corrected chi connectivity index (χ3v) is 5.45. The van der Waals surface area contributed by atoms with Gasteiger partial charge in [-0.25, -0.2) is 0 Å². The number of nitrogens with two attached hydrogens (primary N) is 1.